The van der Waals surface area contributed by atoms with Crippen molar-refractivity contribution in [3.05, 3.63) is 24.0 Å². The maximum atomic E-state index is 6.34. The molecule has 1 aliphatic heterocycles. The molecular formula is C14H15N3O3. The molecular weight excluding hydrogens is 258 g/mol. The molecule has 0 atom stereocenters. The second-order valence-electron chi connectivity index (χ2n) is 5.33. The smallest absolute Gasteiger partial charge is 0.261 e. The van der Waals surface area contributed by atoms with E-state index in [1.165, 1.54) is 0 Å². The summed E-state index contributed by atoms with van der Waals surface area (Å²) in [5.74, 6) is 2.37. The van der Waals surface area contributed by atoms with Gasteiger partial charge in [0, 0.05) is 0 Å². The van der Waals surface area contributed by atoms with Gasteiger partial charge >= 0.3 is 0 Å². The van der Waals surface area contributed by atoms with E-state index in [2.05, 4.69) is 10.1 Å². The summed E-state index contributed by atoms with van der Waals surface area (Å²) >= 11 is 0. The van der Waals surface area contributed by atoms with Crippen molar-refractivity contribution in [3.8, 4) is 23.0 Å². The van der Waals surface area contributed by atoms with Gasteiger partial charge in [-0.15, -0.1) is 0 Å². The molecule has 104 valence electrons. The minimum atomic E-state index is -0.447. The molecule has 2 N–H and O–H groups in total. The highest BCUT2D eigenvalue weighted by Gasteiger charge is 2.36. The van der Waals surface area contributed by atoms with E-state index in [9.17, 15) is 0 Å². The molecule has 0 unspecified atom stereocenters. The molecule has 2 heterocycles. The number of benzene rings is 1. The Balaban J connectivity index is 1.74. The first-order valence-corrected chi connectivity index (χ1v) is 6.78. The Hall–Kier alpha value is -2.08. The Bertz CT molecular complexity index is 647. The van der Waals surface area contributed by atoms with Gasteiger partial charge in [-0.25, -0.2) is 0 Å². The SMILES string of the molecule is NC1(c2noc(-c3cccc4c3OCO4)n2)CCCC1. The highest BCUT2D eigenvalue weighted by atomic mass is 16.7. The average molecular weight is 273 g/mol. The van der Waals surface area contributed by atoms with Gasteiger partial charge in [-0.05, 0) is 25.0 Å². The predicted molar refractivity (Wildman–Crippen MR) is 70.2 cm³/mol. The summed E-state index contributed by atoms with van der Waals surface area (Å²) in [5, 5.41) is 4.06. The molecule has 2 aromatic rings. The van der Waals surface area contributed by atoms with Crippen LogP contribution in [0.3, 0.4) is 0 Å². The van der Waals surface area contributed by atoms with Crippen molar-refractivity contribution in [1.82, 2.24) is 10.1 Å². The summed E-state index contributed by atoms with van der Waals surface area (Å²) in [5.41, 5.74) is 6.65. The zero-order chi connectivity index (χ0) is 13.6. The third kappa shape index (κ3) is 1.68. The lowest BCUT2D eigenvalue weighted by Gasteiger charge is -2.17. The topological polar surface area (TPSA) is 83.4 Å². The Morgan fingerprint density at radius 2 is 2.00 bits per heavy atom. The van der Waals surface area contributed by atoms with Gasteiger partial charge in [0.05, 0.1) is 11.1 Å². The Labute approximate surface area is 115 Å². The van der Waals surface area contributed by atoms with Crippen LogP contribution in [0, 0.1) is 0 Å². The molecule has 1 saturated carbocycles. The lowest BCUT2D eigenvalue weighted by molar-refractivity contribution is 0.174. The summed E-state index contributed by atoms with van der Waals surface area (Å²) in [6.45, 7) is 0.216. The number of rotatable bonds is 2. The molecule has 20 heavy (non-hydrogen) atoms. The van der Waals surface area contributed by atoms with Gasteiger partial charge in [0.25, 0.3) is 5.89 Å². The zero-order valence-corrected chi connectivity index (χ0v) is 11.0. The molecule has 6 nitrogen and oxygen atoms in total. The summed E-state index contributed by atoms with van der Waals surface area (Å²) < 4.78 is 16.2. The average Bonchev–Trinajstić information content (AvgIpc) is 3.18. The molecule has 1 aliphatic carbocycles. The van der Waals surface area contributed by atoms with Crippen molar-refractivity contribution in [3.63, 3.8) is 0 Å². The fraction of sp³-hybridized carbons (Fsp3) is 0.429. The number of nitrogens with zero attached hydrogens (tertiary/aromatic N) is 2. The first kappa shape index (κ1) is 11.7. The summed E-state index contributed by atoms with van der Waals surface area (Å²) in [6, 6.07) is 5.60. The molecule has 6 heteroatoms. The van der Waals surface area contributed by atoms with E-state index >= 15 is 0 Å². The lowest BCUT2D eigenvalue weighted by atomic mass is 9.99. The minimum absolute atomic E-state index is 0.216. The monoisotopic (exact) mass is 273 g/mol. The molecule has 0 radical (unpaired) electrons. The third-order valence-corrected chi connectivity index (χ3v) is 3.99. The third-order valence-electron chi connectivity index (χ3n) is 3.99. The minimum Gasteiger partial charge on any atom is -0.454 e. The van der Waals surface area contributed by atoms with Crippen LogP contribution < -0.4 is 15.2 Å². The van der Waals surface area contributed by atoms with Gasteiger partial charge < -0.3 is 19.7 Å². The van der Waals surface area contributed by atoms with E-state index in [1.54, 1.807) is 0 Å². The normalized spacial score (nSPS) is 19.4. The molecule has 0 bridgehead atoms. The maximum absolute atomic E-state index is 6.34. The van der Waals surface area contributed by atoms with Gasteiger partial charge in [-0.2, -0.15) is 4.98 Å². The van der Waals surface area contributed by atoms with Crippen molar-refractivity contribution in [2.75, 3.05) is 6.79 Å². The number of hydrogen-bond acceptors (Lipinski definition) is 6. The molecule has 4 rings (SSSR count). The van der Waals surface area contributed by atoms with E-state index in [-0.39, 0.29) is 6.79 Å². The van der Waals surface area contributed by atoms with Crippen LogP contribution in [0.15, 0.2) is 22.7 Å². The highest BCUT2D eigenvalue weighted by Crippen LogP contribution is 2.41. The Morgan fingerprint density at radius 1 is 1.15 bits per heavy atom. The molecule has 2 aliphatic rings. The number of hydrogen-bond donors (Lipinski definition) is 1. The van der Waals surface area contributed by atoms with E-state index in [0.29, 0.717) is 23.2 Å². The van der Waals surface area contributed by atoms with Crippen LogP contribution >= 0.6 is 0 Å². The Morgan fingerprint density at radius 3 is 2.85 bits per heavy atom. The van der Waals surface area contributed by atoms with Gasteiger partial charge in [0.2, 0.25) is 6.79 Å². The van der Waals surface area contributed by atoms with Crippen LogP contribution in [-0.4, -0.2) is 16.9 Å². The standard InChI is InChI=1S/C14H15N3O3/c15-14(6-1-2-7-14)13-16-12(20-17-13)9-4-3-5-10-11(9)19-8-18-10/h3-5H,1-2,6-8,15H2. The van der Waals surface area contributed by atoms with E-state index in [1.807, 2.05) is 18.2 Å². The van der Waals surface area contributed by atoms with Gasteiger partial charge in [-0.3, -0.25) is 0 Å². The van der Waals surface area contributed by atoms with Crippen LogP contribution in [-0.2, 0) is 5.54 Å². The van der Waals surface area contributed by atoms with Crippen LogP contribution in [0.1, 0.15) is 31.5 Å². The molecule has 0 saturated heterocycles. The van der Waals surface area contributed by atoms with Crippen molar-refractivity contribution >= 4 is 0 Å². The second-order valence-corrected chi connectivity index (χ2v) is 5.33. The molecule has 1 aromatic carbocycles. The first-order chi connectivity index (χ1) is 9.76. The number of aromatic nitrogens is 2. The number of para-hydroxylation sites is 1. The van der Waals surface area contributed by atoms with Gasteiger partial charge in [0.1, 0.15) is 0 Å². The fourth-order valence-electron chi connectivity index (χ4n) is 2.86. The second kappa shape index (κ2) is 4.21. The number of fused-ring (bicyclic) bond motifs is 1. The quantitative estimate of drug-likeness (QED) is 0.903. The first-order valence-electron chi connectivity index (χ1n) is 6.78. The van der Waals surface area contributed by atoms with E-state index < -0.39 is 5.54 Å². The molecule has 0 spiro atoms. The molecule has 1 aromatic heterocycles. The largest absolute Gasteiger partial charge is 0.454 e. The van der Waals surface area contributed by atoms with Crippen LogP contribution in [0.5, 0.6) is 11.5 Å². The fourth-order valence-corrected chi connectivity index (χ4v) is 2.86. The number of nitrogens with two attached hydrogens (primary N) is 1. The van der Waals surface area contributed by atoms with E-state index in [4.69, 9.17) is 19.7 Å². The van der Waals surface area contributed by atoms with Crippen LogP contribution in [0.25, 0.3) is 11.5 Å². The van der Waals surface area contributed by atoms with Crippen LogP contribution in [0.4, 0.5) is 0 Å². The van der Waals surface area contributed by atoms with Gasteiger partial charge in [-0.1, -0.05) is 24.1 Å². The van der Waals surface area contributed by atoms with Gasteiger partial charge in [0.15, 0.2) is 17.3 Å². The summed E-state index contributed by atoms with van der Waals surface area (Å²) in [6.07, 6.45) is 4.02. The van der Waals surface area contributed by atoms with Crippen molar-refractivity contribution in [2.24, 2.45) is 5.73 Å². The molecule has 0 amide bonds. The highest BCUT2D eigenvalue weighted by molar-refractivity contribution is 5.68. The van der Waals surface area contributed by atoms with Crippen molar-refractivity contribution < 1.29 is 14.0 Å². The zero-order valence-electron chi connectivity index (χ0n) is 11.0. The number of ether oxygens (including phenoxy) is 2. The van der Waals surface area contributed by atoms with Crippen molar-refractivity contribution in [1.29, 1.82) is 0 Å². The van der Waals surface area contributed by atoms with E-state index in [0.717, 1.165) is 31.2 Å². The maximum Gasteiger partial charge on any atom is 0.261 e. The lowest BCUT2D eigenvalue weighted by Crippen LogP contribution is -2.34. The predicted octanol–water partition coefficient (Wildman–Crippen LogP) is 2.19. The van der Waals surface area contributed by atoms with Crippen molar-refractivity contribution in [2.45, 2.75) is 31.2 Å². The summed E-state index contributed by atoms with van der Waals surface area (Å²) in [4.78, 5) is 4.47. The summed E-state index contributed by atoms with van der Waals surface area (Å²) in [7, 11) is 0. The Kier molecular flexibility index (Phi) is 2.47. The molecule has 1 fully saturated rings. The van der Waals surface area contributed by atoms with Crippen LogP contribution in [0.2, 0.25) is 0 Å².